The molecule has 3 N–H and O–H groups in total. The molecule has 0 spiro atoms. The number of para-hydroxylation sites is 1. The maximum absolute atomic E-state index is 9.68. The van der Waals surface area contributed by atoms with E-state index in [9.17, 15) is 5.11 Å². The molecule has 0 fully saturated rings. The van der Waals surface area contributed by atoms with E-state index in [4.69, 9.17) is 10.2 Å². The Balaban J connectivity index is 2.45. The Hall–Kier alpha value is -1.32. The molecule has 0 aliphatic carbocycles. The fraction of sp³-hybridized carbons (Fsp3) is 0.273. The van der Waals surface area contributed by atoms with Gasteiger partial charge in [0.05, 0.1) is 0 Å². The van der Waals surface area contributed by atoms with Crippen molar-refractivity contribution in [1.82, 2.24) is 0 Å². The summed E-state index contributed by atoms with van der Waals surface area (Å²) in [5, 5.41) is 10.7. The lowest BCUT2D eigenvalue weighted by Gasteiger charge is -2.10. The molecule has 0 radical (unpaired) electrons. The first-order chi connectivity index (χ1) is 6.68. The first kappa shape index (κ1) is 9.24. The topological polar surface area (TPSA) is 59.4 Å². The number of aliphatic hydroxyl groups excluding tert-OH is 1. The van der Waals surface area contributed by atoms with Crippen LogP contribution < -0.4 is 5.73 Å². The number of furan rings is 1. The second-order valence-electron chi connectivity index (χ2n) is 3.49. The smallest absolute Gasteiger partial charge is 0.135 e. The lowest BCUT2D eigenvalue weighted by atomic mass is 10.1. The van der Waals surface area contributed by atoms with Crippen LogP contribution in [-0.2, 0) is 0 Å². The molecule has 1 aromatic heterocycles. The molecule has 14 heavy (non-hydrogen) atoms. The van der Waals surface area contributed by atoms with E-state index in [1.807, 2.05) is 30.3 Å². The monoisotopic (exact) mass is 191 g/mol. The Morgan fingerprint density at radius 1 is 1.36 bits per heavy atom. The Morgan fingerprint density at radius 2 is 2.07 bits per heavy atom. The van der Waals surface area contributed by atoms with Crippen LogP contribution in [-0.4, -0.2) is 11.1 Å². The molecule has 74 valence electrons. The third kappa shape index (κ3) is 1.52. The number of nitrogens with two attached hydrogens (primary N) is 1. The van der Waals surface area contributed by atoms with Gasteiger partial charge < -0.3 is 15.3 Å². The van der Waals surface area contributed by atoms with Gasteiger partial charge in [0.25, 0.3) is 0 Å². The summed E-state index contributed by atoms with van der Waals surface area (Å²) in [6.45, 7) is 1.75. The highest BCUT2D eigenvalue weighted by Gasteiger charge is 2.16. The number of hydrogen-bond acceptors (Lipinski definition) is 3. The van der Waals surface area contributed by atoms with E-state index in [2.05, 4.69) is 0 Å². The van der Waals surface area contributed by atoms with Crippen molar-refractivity contribution in [2.45, 2.75) is 19.1 Å². The predicted octanol–water partition coefficient (Wildman–Crippen LogP) is 1.81. The molecule has 0 bridgehead atoms. The van der Waals surface area contributed by atoms with Gasteiger partial charge in [0.1, 0.15) is 17.4 Å². The van der Waals surface area contributed by atoms with Crippen LogP contribution in [0.3, 0.4) is 0 Å². The fourth-order valence-electron chi connectivity index (χ4n) is 1.41. The fourth-order valence-corrected chi connectivity index (χ4v) is 1.41. The lowest BCUT2D eigenvalue weighted by molar-refractivity contribution is 0.129. The van der Waals surface area contributed by atoms with Gasteiger partial charge in [-0.05, 0) is 19.1 Å². The summed E-state index contributed by atoms with van der Waals surface area (Å²) in [6, 6.07) is 9.13. The average Bonchev–Trinajstić information content (AvgIpc) is 2.59. The highest BCUT2D eigenvalue weighted by molar-refractivity contribution is 5.77. The minimum absolute atomic E-state index is 0.324. The van der Waals surface area contributed by atoms with Crippen molar-refractivity contribution in [3.05, 3.63) is 36.1 Å². The third-order valence-corrected chi connectivity index (χ3v) is 2.23. The van der Waals surface area contributed by atoms with Gasteiger partial charge in [0.2, 0.25) is 0 Å². The molecule has 0 unspecified atom stereocenters. The lowest BCUT2D eigenvalue weighted by Crippen LogP contribution is -2.23. The normalized spacial score (nSPS) is 15.6. The van der Waals surface area contributed by atoms with Gasteiger partial charge in [-0.3, -0.25) is 0 Å². The second kappa shape index (κ2) is 3.44. The minimum Gasteiger partial charge on any atom is -0.458 e. The molecule has 1 heterocycles. The van der Waals surface area contributed by atoms with Crippen LogP contribution in [0.15, 0.2) is 34.7 Å². The zero-order chi connectivity index (χ0) is 10.1. The van der Waals surface area contributed by atoms with Crippen LogP contribution in [0.25, 0.3) is 11.0 Å². The SMILES string of the molecule is C[C@H](N)[C@@H](O)c1cc2ccccc2o1. The third-order valence-electron chi connectivity index (χ3n) is 2.23. The average molecular weight is 191 g/mol. The van der Waals surface area contributed by atoms with E-state index in [1.165, 1.54) is 0 Å². The number of fused-ring (bicyclic) bond motifs is 1. The van der Waals surface area contributed by atoms with E-state index in [-0.39, 0.29) is 6.04 Å². The standard InChI is InChI=1S/C11H13NO2/c1-7(12)11(13)10-6-8-4-2-3-5-9(8)14-10/h2-7,11,13H,12H2,1H3/t7-,11+/m0/s1. The zero-order valence-electron chi connectivity index (χ0n) is 7.97. The number of hydrogen-bond donors (Lipinski definition) is 2. The first-order valence-electron chi connectivity index (χ1n) is 4.60. The molecular formula is C11H13NO2. The highest BCUT2D eigenvalue weighted by atomic mass is 16.4. The molecule has 3 nitrogen and oxygen atoms in total. The van der Waals surface area contributed by atoms with Crippen molar-refractivity contribution in [3.8, 4) is 0 Å². The molecule has 2 rings (SSSR count). The van der Waals surface area contributed by atoms with Crippen molar-refractivity contribution < 1.29 is 9.52 Å². The van der Waals surface area contributed by atoms with Gasteiger partial charge >= 0.3 is 0 Å². The summed E-state index contributed by atoms with van der Waals surface area (Å²) in [5.74, 6) is 0.529. The van der Waals surface area contributed by atoms with Gasteiger partial charge in [-0.2, -0.15) is 0 Å². The molecular weight excluding hydrogens is 178 g/mol. The number of aliphatic hydroxyl groups is 1. The maximum atomic E-state index is 9.68. The largest absolute Gasteiger partial charge is 0.458 e. The van der Waals surface area contributed by atoms with Gasteiger partial charge in [0, 0.05) is 11.4 Å². The Morgan fingerprint density at radius 3 is 2.71 bits per heavy atom. The van der Waals surface area contributed by atoms with Crippen molar-refractivity contribution in [3.63, 3.8) is 0 Å². The van der Waals surface area contributed by atoms with E-state index in [0.29, 0.717) is 5.76 Å². The summed E-state index contributed by atoms with van der Waals surface area (Å²) >= 11 is 0. The van der Waals surface area contributed by atoms with E-state index in [1.54, 1.807) is 6.92 Å². The zero-order valence-corrected chi connectivity index (χ0v) is 7.97. The van der Waals surface area contributed by atoms with E-state index < -0.39 is 6.10 Å². The van der Waals surface area contributed by atoms with Crippen molar-refractivity contribution in [2.24, 2.45) is 5.73 Å². The Bertz CT molecular complexity index is 401. The predicted molar refractivity (Wildman–Crippen MR) is 54.8 cm³/mol. The van der Waals surface area contributed by atoms with Crippen LogP contribution in [0.1, 0.15) is 18.8 Å². The minimum atomic E-state index is -0.734. The molecule has 2 aromatic rings. The quantitative estimate of drug-likeness (QED) is 0.761. The van der Waals surface area contributed by atoms with Gasteiger partial charge in [-0.25, -0.2) is 0 Å². The molecule has 1 aromatic carbocycles. The summed E-state index contributed by atoms with van der Waals surface area (Å²) in [6.07, 6.45) is -0.734. The van der Waals surface area contributed by atoms with Crippen molar-refractivity contribution >= 4 is 11.0 Å². The summed E-state index contributed by atoms with van der Waals surface area (Å²) < 4.78 is 5.46. The van der Waals surface area contributed by atoms with E-state index >= 15 is 0 Å². The highest BCUT2D eigenvalue weighted by Crippen LogP contribution is 2.24. The molecule has 0 amide bonds. The molecule has 0 saturated heterocycles. The van der Waals surface area contributed by atoms with Crippen molar-refractivity contribution in [1.29, 1.82) is 0 Å². The Labute approximate surface area is 82.1 Å². The van der Waals surface area contributed by atoms with Gasteiger partial charge in [-0.15, -0.1) is 0 Å². The van der Waals surface area contributed by atoms with Crippen molar-refractivity contribution in [2.75, 3.05) is 0 Å². The summed E-state index contributed by atoms with van der Waals surface area (Å²) in [5.41, 5.74) is 6.36. The van der Waals surface area contributed by atoms with E-state index in [0.717, 1.165) is 11.0 Å². The van der Waals surface area contributed by atoms with Crippen LogP contribution in [0.5, 0.6) is 0 Å². The molecule has 0 aliphatic rings. The van der Waals surface area contributed by atoms with Crippen LogP contribution in [0.4, 0.5) is 0 Å². The van der Waals surface area contributed by atoms with Gasteiger partial charge in [-0.1, -0.05) is 18.2 Å². The molecule has 2 atom stereocenters. The number of benzene rings is 1. The molecule has 3 heteroatoms. The summed E-state index contributed by atoms with van der Waals surface area (Å²) in [7, 11) is 0. The van der Waals surface area contributed by atoms with Crippen LogP contribution in [0.2, 0.25) is 0 Å². The molecule has 0 aliphatic heterocycles. The number of rotatable bonds is 2. The second-order valence-corrected chi connectivity index (χ2v) is 3.49. The maximum Gasteiger partial charge on any atom is 0.135 e. The molecule has 0 saturated carbocycles. The first-order valence-corrected chi connectivity index (χ1v) is 4.60. The van der Waals surface area contributed by atoms with Gasteiger partial charge in [0.15, 0.2) is 0 Å². The van der Waals surface area contributed by atoms with Crippen LogP contribution >= 0.6 is 0 Å². The van der Waals surface area contributed by atoms with Crippen LogP contribution in [0, 0.1) is 0 Å². The Kier molecular flexibility index (Phi) is 2.27. The summed E-state index contributed by atoms with van der Waals surface area (Å²) in [4.78, 5) is 0.